The summed E-state index contributed by atoms with van der Waals surface area (Å²) in [5, 5.41) is 2.85. The summed E-state index contributed by atoms with van der Waals surface area (Å²) in [6, 6.07) is 11.0. The Hall–Kier alpha value is -2.74. The van der Waals surface area contributed by atoms with E-state index in [1.54, 1.807) is 31.3 Å². The van der Waals surface area contributed by atoms with E-state index in [1.807, 2.05) is 24.3 Å². The number of hydrogen-bond donors (Lipinski definition) is 1. The van der Waals surface area contributed by atoms with Crippen LogP contribution < -0.4 is 24.4 Å². The first kappa shape index (κ1) is 22.0. The highest BCUT2D eigenvalue weighted by Gasteiger charge is 2.21. The van der Waals surface area contributed by atoms with Gasteiger partial charge < -0.3 is 24.4 Å². The van der Waals surface area contributed by atoms with Gasteiger partial charge in [-0.2, -0.15) is 0 Å². The van der Waals surface area contributed by atoms with Gasteiger partial charge in [0.05, 0.1) is 14.2 Å². The third-order valence-electron chi connectivity index (χ3n) is 4.86. The molecular formula is C22H25BrN2O5. The number of halogens is 1. The predicted molar refractivity (Wildman–Crippen MR) is 117 cm³/mol. The summed E-state index contributed by atoms with van der Waals surface area (Å²) in [5.74, 6) is 1.81. The zero-order valence-electron chi connectivity index (χ0n) is 17.1. The van der Waals surface area contributed by atoms with E-state index in [4.69, 9.17) is 14.2 Å². The molecule has 2 aromatic rings. The first-order valence-electron chi connectivity index (χ1n) is 9.72. The molecule has 0 radical (unpaired) electrons. The third kappa shape index (κ3) is 5.44. The fourth-order valence-electron chi connectivity index (χ4n) is 3.27. The number of nitrogens with zero attached hydrogens (tertiary/aromatic N) is 1. The summed E-state index contributed by atoms with van der Waals surface area (Å²) >= 11 is 3.52. The molecule has 0 aliphatic carbocycles. The Balaban J connectivity index is 1.45. The minimum Gasteiger partial charge on any atom is -0.493 e. The number of nitrogens with one attached hydrogen (secondary N) is 1. The van der Waals surface area contributed by atoms with Gasteiger partial charge in [0.15, 0.2) is 18.1 Å². The van der Waals surface area contributed by atoms with Crippen LogP contribution in [-0.2, 0) is 16.0 Å². The molecule has 160 valence electrons. The standard InChI is InChI=1S/C22H25BrN2O5/c1-28-19-12-15(18(23)13-20(19)29-2)9-10-24-21(26)14-30-17-7-5-16(6-8-17)25-11-3-4-22(25)27/h5-8,12-13H,3-4,9-11,14H2,1-2H3,(H,24,26). The zero-order chi connectivity index (χ0) is 21.5. The van der Waals surface area contributed by atoms with Crippen LogP contribution in [0.2, 0.25) is 0 Å². The van der Waals surface area contributed by atoms with Gasteiger partial charge in [0, 0.05) is 29.7 Å². The Kier molecular flexibility index (Phi) is 7.57. The predicted octanol–water partition coefficient (Wildman–Crippen LogP) is 3.33. The molecule has 1 saturated heterocycles. The quantitative estimate of drug-likeness (QED) is 0.600. The molecule has 1 aliphatic rings. The molecule has 2 amide bonds. The zero-order valence-corrected chi connectivity index (χ0v) is 18.7. The third-order valence-corrected chi connectivity index (χ3v) is 5.60. The van der Waals surface area contributed by atoms with E-state index in [1.165, 1.54) is 0 Å². The Labute approximate surface area is 184 Å². The molecule has 1 N–H and O–H groups in total. The van der Waals surface area contributed by atoms with Crippen LogP contribution in [0.1, 0.15) is 18.4 Å². The smallest absolute Gasteiger partial charge is 0.257 e. The Morgan fingerprint density at radius 2 is 1.83 bits per heavy atom. The summed E-state index contributed by atoms with van der Waals surface area (Å²) in [7, 11) is 3.17. The van der Waals surface area contributed by atoms with Crippen molar-refractivity contribution in [1.82, 2.24) is 5.32 Å². The highest BCUT2D eigenvalue weighted by Crippen LogP contribution is 2.33. The average molecular weight is 477 g/mol. The lowest BCUT2D eigenvalue weighted by molar-refractivity contribution is -0.123. The number of ether oxygens (including phenoxy) is 3. The van der Waals surface area contributed by atoms with E-state index in [-0.39, 0.29) is 18.4 Å². The normalized spacial score (nSPS) is 13.3. The highest BCUT2D eigenvalue weighted by molar-refractivity contribution is 9.10. The molecule has 3 rings (SSSR count). The van der Waals surface area contributed by atoms with Gasteiger partial charge in [0.25, 0.3) is 5.91 Å². The van der Waals surface area contributed by atoms with Gasteiger partial charge in [-0.05, 0) is 54.8 Å². The van der Waals surface area contributed by atoms with Crippen molar-refractivity contribution >= 4 is 33.4 Å². The van der Waals surface area contributed by atoms with Gasteiger partial charge in [0.1, 0.15) is 5.75 Å². The molecule has 0 spiro atoms. The second-order valence-corrected chi connectivity index (χ2v) is 7.68. The molecule has 1 aliphatic heterocycles. The van der Waals surface area contributed by atoms with Crippen LogP contribution >= 0.6 is 15.9 Å². The molecule has 0 aromatic heterocycles. The van der Waals surface area contributed by atoms with E-state index in [0.717, 1.165) is 28.7 Å². The summed E-state index contributed by atoms with van der Waals surface area (Å²) in [4.78, 5) is 25.6. The van der Waals surface area contributed by atoms with E-state index >= 15 is 0 Å². The first-order valence-corrected chi connectivity index (χ1v) is 10.5. The van der Waals surface area contributed by atoms with Crippen LogP contribution in [0.15, 0.2) is 40.9 Å². The number of hydrogen-bond acceptors (Lipinski definition) is 5. The van der Waals surface area contributed by atoms with Crippen LogP contribution in [0.3, 0.4) is 0 Å². The molecule has 0 unspecified atom stereocenters. The lowest BCUT2D eigenvalue weighted by Crippen LogP contribution is -2.30. The van der Waals surface area contributed by atoms with Gasteiger partial charge in [-0.25, -0.2) is 0 Å². The van der Waals surface area contributed by atoms with Gasteiger partial charge in [0.2, 0.25) is 5.91 Å². The fourth-order valence-corrected chi connectivity index (χ4v) is 3.79. The van der Waals surface area contributed by atoms with Crippen LogP contribution in [0.4, 0.5) is 5.69 Å². The van der Waals surface area contributed by atoms with E-state index in [9.17, 15) is 9.59 Å². The molecule has 0 bridgehead atoms. The lowest BCUT2D eigenvalue weighted by Gasteiger charge is -2.16. The molecule has 7 nitrogen and oxygen atoms in total. The minimum atomic E-state index is -0.203. The van der Waals surface area contributed by atoms with Crippen molar-refractivity contribution in [3.8, 4) is 17.2 Å². The lowest BCUT2D eigenvalue weighted by atomic mass is 10.1. The second-order valence-electron chi connectivity index (χ2n) is 6.83. The molecule has 30 heavy (non-hydrogen) atoms. The number of anilines is 1. The highest BCUT2D eigenvalue weighted by atomic mass is 79.9. The maximum Gasteiger partial charge on any atom is 0.257 e. The largest absolute Gasteiger partial charge is 0.493 e. The number of carbonyl (C=O) groups is 2. The molecule has 2 aromatic carbocycles. The van der Waals surface area contributed by atoms with E-state index < -0.39 is 0 Å². The first-order chi connectivity index (χ1) is 14.5. The van der Waals surface area contributed by atoms with Crippen LogP contribution in [0.5, 0.6) is 17.2 Å². The average Bonchev–Trinajstić information content (AvgIpc) is 3.19. The maximum atomic E-state index is 12.1. The number of carbonyl (C=O) groups excluding carboxylic acids is 2. The molecule has 1 heterocycles. The van der Waals surface area contributed by atoms with Crippen molar-refractivity contribution in [2.45, 2.75) is 19.3 Å². The van der Waals surface area contributed by atoms with Gasteiger partial charge in [-0.3, -0.25) is 9.59 Å². The summed E-state index contributed by atoms with van der Waals surface area (Å²) in [6.45, 7) is 1.14. The molecule has 8 heteroatoms. The van der Waals surface area contributed by atoms with E-state index in [2.05, 4.69) is 21.2 Å². The molecule has 1 fully saturated rings. The molecule has 0 saturated carbocycles. The fraction of sp³-hybridized carbons (Fsp3) is 0.364. The van der Waals surface area contributed by atoms with Crippen molar-refractivity contribution in [1.29, 1.82) is 0 Å². The van der Waals surface area contributed by atoms with Crippen LogP contribution in [0.25, 0.3) is 0 Å². The van der Waals surface area contributed by atoms with Crippen molar-refractivity contribution < 1.29 is 23.8 Å². The Morgan fingerprint density at radius 3 is 2.47 bits per heavy atom. The topological polar surface area (TPSA) is 77.1 Å². The van der Waals surface area contributed by atoms with Gasteiger partial charge >= 0.3 is 0 Å². The van der Waals surface area contributed by atoms with Crippen LogP contribution in [0, 0.1) is 0 Å². The summed E-state index contributed by atoms with van der Waals surface area (Å²) in [5.41, 5.74) is 1.86. The van der Waals surface area contributed by atoms with Crippen molar-refractivity contribution in [3.05, 3.63) is 46.4 Å². The number of benzene rings is 2. The van der Waals surface area contributed by atoms with E-state index in [0.29, 0.717) is 36.6 Å². The van der Waals surface area contributed by atoms with Crippen molar-refractivity contribution in [2.24, 2.45) is 0 Å². The number of rotatable bonds is 9. The number of methoxy groups -OCH3 is 2. The van der Waals surface area contributed by atoms with Crippen molar-refractivity contribution in [2.75, 3.05) is 38.8 Å². The monoisotopic (exact) mass is 476 g/mol. The van der Waals surface area contributed by atoms with Crippen LogP contribution in [-0.4, -0.2) is 45.7 Å². The molecular weight excluding hydrogens is 452 g/mol. The summed E-state index contributed by atoms with van der Waals surface area (Å²) < 4.78 is 17.0. The summed E-state index contributed by atoms with van der Waals surface area (Å²) in [6.07, 6.45) is 2.11. The SMILES string of the molecule is COc1cc(Br)c(CCNC(=O)COc2ccc(N3CCCC3=O)cc2)cc1OC. The van der Waals surface area contributed by atoms with Gasteiger partial charge in [-0.15, -0.1) is 0 Å². The minimum absolute atomic E-state index is 0.0743. The van der Waals surface area contributed by atoms with Gasteiger partial charge in [-0.1, -0.05) is 15.9 Å². The Bertz CT molecular complexity index is 901. The number of amides is 2. The van der Waals surface area contributed by atoms with Crippen molar-refractivity contribution in [3.63, 3.8) is 0 Å². The molecule has 0 atom stereocenters. The Morgan fingerprint density at radius 1 is 1.13 bits per heavy atom. The second kappa shape index (κ2) is 10.3. The maximum absolute atomic E-state index is 12.1.